The van der Waals surface area contributed by atoms with Gasteiger partial charge in [0.25, 0.3) is 0 Å². The SMILES string of the molecule is COc1ccc(C[C@H]2COC(=O)[C@@H]2Cc2ccc(O)c(N)c2)cc1O. The Kier molecular flexibility index (Phi) is 4.70. The number of ether oxygens (including phenoxy) is 2. The van der Waals surface area contributed by atoms with E-state index in [0.717, 1.165) is 11.1 Å². The Morgan fingerprint density at radius 3 is 2.52 bits per heavy atom. The summed E-state index contributed by atoms with van der Waals surface area (Å²) in [6.07, 6.45) is 1.11. The van der Waals surface area contributed by atoms with Gasteiger partial charge in [-0.2, -0.15) is 0 Å². The molecule has 0 aliphatic carbocycles. The third-order valence-corrected chi connectivity index (χ3v) is 4.60. The standard InChI is InChI=1S/C19H21NO5/c1-24-18-5-3-11(9-17(18)22)6-13-10-25-19(23)14(13)7-12-2-4-16(21)15(20)8-12/h2-5,8-9,13-14,21-22H,6-7,10,20H2,1H3/t13-,14+/m0/s1. The zero-order valence-corrected chi connectivity index (χ0v) is 13.9. The summed E-state index contributed by atoms with van der Waals surface area (Å²) in [5, 5.41) is 19.4. The number of phenols is 2. The van der Waals surface area contributed by atoms with Crippen LogP contribution in [0, 0.1) is 11.8 Å². The van der Waals surface area contributed by atoms with E-state index in [0.29, 0.717) is 30.9 Å². The van der Waals surface area contributed by atoms with E-state index in [1.165, 1.54) is 13.2 Å². The van der Waals surface area contributed by atoms with Gasteiger partial charge < -0.3 is 25.4 Å². The predicted molar refractivity (Wildman–Crippen MR) is 92.5 cm³/mol. The van der Waals surface area contributed by atoms with Crippen LogP contribution < -0.4 is 10.5 Å². The Labute approximate surface area is 145 Å². The van der Waals surface area contributed by atoms with Crippen LogP contribution in [0.4, 0.5) is 5.69 Å². The van der Waals surface area contributed by atoms with E-state index < -0.39 is 0 Å². The maximum absolute atomic E-state index is 12.1. The number of methoxy groups -OCH3 is 1. The minimum Gasteiger partial charge on any atom is -0.506 e. The number of aromatic hydroxyl groups is 2. The Balaban J connectivity index is 1.75. The minimum atomic E-state index is -0.284. The number of hydrogen-bond donors (Lipinski definition) is 3. The quantitative estimate of drug-likeness (QED) is 0.437. The van der Waals surface area contributed by atoms with Crippen LogP contribution in [-0.4, -0.2) is 29.9 Å². The zero-order valence-electron chi connectivity index (χ0n) is 13.9. The third kappa shape index (κ3) is 3.63. The first kappa shape index (κ1) is 17.0. The van der Waals surface area contributed by atoms with Crippen LogP contribution in [0.5, 0.6) is 17.2 Å². The van der Waals surface area contributed by atoms with Crippen LogP contribution >= 0.6 is 0 Å². The first-order valence-electron chi connectivity index (χ1n) is 8.08. The van der Waals surface area contributed by atoms with E-state index in [4.69, 9.17) is 15.2 Å². The van der Waals surface area contributed by atoms with E-state index in [-0.39, 0.29) is 29.3 Å². The van der Waals surface area contributed by atoms with Gasteiger partial charge in [-0.05, 0) is 48.2 Å². The van der Waals surface area contributed by atoms with Crippen molar-refractivity contribution >= 4 is 11.7 Å². The zero-order chi connectivity index (χ0) is 18.0. The molecule has 0 bridgehead atoms. The fourth-order valence-electron chi connectivity index (χ4n) is 3.21. The molecule has 1 heterocycles. The lowest BCUT2D eigenvalue weighted by molar-refractivity contribution is -0.141. The summed E-state index contributed by atoms with van der Waals surface area (Å²) in [6, 6.07) is 10.2. The Morgan fingerprint density at radius 2 is 1.84 bits per heavy atom. The maximum Gasteiger partial charge on any atom is 0.309 e. The van der Waals surface area contributed by atoms with E-state index in [2.05, 4.69) is 0 Å². The van der Waals surface area contributed by atoms with E-state index >= 15 is 0 Å². The molecule has 6 nitrogen and oxygen atoms in total. The molecular formula is C19H21NO5. The number of phenolic OH excluding ortho intramolecular Hbond substituents is 2. The molecule has 0 saturated carbocycles. The van der Waals surface area contributed by atoms with Gasteiger partial charge in [-0.1, -0.05) is 12.1 Å². The number of nitrogen functional groups attached to an aromatic ring is 1. The number of cyclic esters (lactones) is 1. The van der Waals surface area contributed by atoms with Crippen LogP contribution in [0.3, 0.4) is 0 Å². The number of carbonyl (C=O) groups excluding carboxylic acids is 1. The highest BCUT2D eigenvalue weighted by Crippen LogP contribution is 2.33. The van der Waals surface area contributed by atoms with Crippen molar-refractivity contribution in [2.45, 2.75) is 12.8 Å². The lowest BCUT2D eigenvalue weighted by Gasteiger charge is -2.16. The summed E-state index contributed by atoms with van der Waals surface area (Å²) < 4.78 is 10.3. The number of carbonyl (C=O) groups is 1. The van der Waals surface area contributed by atoms with Crippen molar-refractivity contribution in [3.8, 4) is 17.2 Å². The first-order chi connectivity index (χ1) is 12.0. The highest BCUT2D eigenvalue weighted by atomic mass is 16.5. The van der Waals surface area contributed by atoms with Crippen molar-refractivity contribution in [1.29, 1.82) is 0 Å². The number of esters is 1. The molecule has 3 rings (SSSR count). The minimum absolute atomic E-state index is 0.00956. The molecule has 2 aromatic rings. The van der Waals surface area contributed by atoms with Crippen molar-refractivity contribution in [3.05, 3.63) is 47.5 Å². The topological polar surface area (TPSA) is 102 Å². The second kappa shape index (κ2) is 6.93. The molecule has 25 heavy (non-hydrogen) atoms. The summed E-state index contributed by atoms with van der Waals surface area (Å²) >= 11 is 0. The van der Waals surface area contributed by atoms with Gasteiger partial charge in [-0.3, -0.25) is 4.79 Å². The molecule has 0 unspecified atom stereocenters. The normalized spacial score (nSPS) is 19.6. The smallest absolute Gasteiger partial charge is 0.309 e. The average Bonchev–Trinajstić information content (AvgIpc) is 2.91. The molecule has 1 saturated heterocycles. The summed E-state index contributed by atoms with van der Waals surface area (Å²) in [7, 11) is 1.50. The van der Waals surface area contributed by atoms with Gasteiger partial charge in [-0.15, -0.1) is 0 Å². The molecule has 0 aromatic heterocycles. The predicted octanol–water partition coefficient (Wildman–Crippen LogP) is 2.26. The molecule has 2 atom stereocenters. The van der Waals surface area contributed by atoms with Crippen molar-refractivity contribution in [3.63, 3.8) is 0 Å². The first-order valence-corrected chi connectivity index (χ1v) is 8.08. The summed E-state index contributed by atoms with van der Waals surface area (Å²) in [6.45, 7) is 0.351. The summed E-state index contributed by atoms with van der Waals surface area (Å²) in [5.74, 6) is 0.0209. The fraction of sp³-hybridized carbons (Fsp3) is 0.316. The monoisotopic (exact) mass is 343 g/mol. The number of benzene rings is 2. The third-order valence-electron chi connectivity index (χ3n) is 4.60. The molecule has 2 aromatic carbocycles. The van der Waals surface area contributed by atoms with Crippen LogP contribution in [0.1, 0.15) is 11.1 Å². The number of hydrogen-bond acceptors (Lipinski definition) is 6. The Hall–Kier alpha value is -2.89. The van der Waals surface area contributed by atoms with Gasteiger partial charge in [0.15, 0.2) is 11.5 Å². The number of anilines is 1. The molecule has 132 valence electrons. The molecular weight excluding hydrogens is 322 g/mol. The van der Waals surface area contributed by atoms with Gasteiger partial charge in [0, 0.05) is 5.92 Å². The average molecular weight is 343 g/mol. The molecule has 1 aliphatic heterocycles. The van der Waals surface area contributed by atoms with E-state index in [1.807, 2.05) is 6.07 Å². The largest absolute Gasteiger partial charge is 0.506 e. The van der Waals surface area contributed by atoms with Gasteiger partial charge in [0.1, 0.15) is 5.75 Å². The van der Waals surface area contributed by atoms with E-state index in [9.17, 15) is 15.0 Å². The number of nitrogens with two attached hydrogens (primary N) is 1. The number of rotatable bonds is 5. The van der Waals surface area contributed by atoms with E-state index in [1.54, 1.807) is 24.3 Å². The van der Waals surface area contributed by atoms with Gasteiger partial charge in [0.2, 0.25) is 0 Å². The van der Waals surface area contributed by atoms with Crippen LogP contribution in [0.2, 0.25) is 0 Å². The van der Waals surface area contributed by atoms with Gasteiger partial charge in [0.05, 0.1) is 25.3 Å². The molecule has 1 fully saturated rings. The molecule has 0 spiro atoms. The lowest BCUT2D eigenvalue weighted by atomic mass is 9.85. The van der Waals surface area contributed by atoms with Crippen LogP contribution in [0.25, 0.3) is 0 Å². The fourth-order valence-corrected chi connectivity index (χ4v) is 3.21. The van der Waals surface area contributed by atoms with Crippen LogP contribution in [0.15, 0.2) is 36.4 Å². The maximum atomic E-state index is 12.1. The Bertz CT molecular complexity index is 789. The highest BCUT2D eigenvalue weighted by molar-refractivity contribution is 5.75. The van der Waals surface area contributed by atoms with Gasteiger partial charge >= 0.3 is 5.97 Å². The molecule has 6 heteroatoms. The van der Waals surface area contributed by atoms with Crippen molar-refractivity contribution < 1.29 is 24.5 Å². The molecule has 1 aliphatic rings. The van der Waals surface area contributed by atoms with Crippen molar-refractivity contribution in [2.24, 2.45) is 11.8 Å². The molecule has 0 amide bonds. The Morgan fingerprint density at radius 1 is 1.12 bits per heavy atom. The second-order valence-electron chi connectivity index (χ2n) is 6.30. The molecule has 0 radical (unpaired) electrons. The van der Waals surface area contributed by atoms with Gasteiger partial charge in [-0.25, -0.2) is 0 Å². The van der Waals surface area contributed by atoms with Crippen molar-refractivity contribution in [2.75, 3.05) is 19.5 Å². The molecule has 4 N–H and O–H groups in total. The summed E-state index contributed by atoms with van der Waals surface area (Å²) in [5.41, 5.74) is 7.81. The summed E-state index contributed by atoms with van der Waals surface area (Å²) in [4.78, 5) is 12.1. The second-order valence-corrected chi connectivity index (χ2v) is 6.30. The van der Waals surface area contributed by atoms with Crippen molar-refractivity contribution in [1.82, 2.24) is 0 Å². The van der Waals surface area contributed by atoms with Crippen LogP contribution in [-0.2, 0) is 22.4 Å². The highest BCUT2D eigenvalue weighted by Gasteiger charge is 2.36. The lowest BCUT2D eigenvalue weighted by Crippen LogP contribution is -2.20.